The fourth-order valence-electron chi connectivity index (χ4n) is 2.57. The van der Waals surface area contributed by atoms with Crippen LogP contribution in [0.3, 0.4) is 0 Å². The zero-order chi connectivity index (χ0) is 21.7. The number of ether oxygens (including phenoxy) is 3. The van der Waals surface area contributed by atoms with Crippen molar-refractivity contribution in [3.05, 3.63) is 64.6 Å². The normalized spacial score (nSPS) is 14.7. The molecule has 154 valence electrons. The van der Waals surface area contributed by atoms with Gasteiger partial charge in [-0.05, 0) is 47.7 Å². The summed E-state index contributed by atoms with van der Waals surface area (Å²) in [5, 5.41) is -0.558. The van der Waals surface area contributed by atoms with Crippen LogP contribution in [0.15, 0.2) is 53.4 Å². The molecule has 0 unspecified atom stereocenters. The lowest BCUT2D eigenvalue weighted by Crippen LogP contribution is -2.34. The number of hydrogen-bond acceptors (Lipinski definition) is 8. The Balaban J connectivity index is 1.79. The van der Waals surface area contributed by atoms with Crippen molar-refractivity contribution in [2.45, 2.75) is 0 Å². The van der Waals surface area contributed by atoms with Crippen molar-refractivity contribution in [2.24, 2.45) is 0 Å². The standard InChI is InChI=1S/C21H17NO7S/c1-27-16-10-13(8-9-15(16)29-20(25)14-6-4-3-5-7-14)11-17-19(24)22(21(26)30-17)12-18(23)28-2/h3-11H,12H2,1-2H3/b17-11-. The van der Waals surface area contributed by atoms with E-state index in [1.54, 1.807) is 42.5 Å². The van der Waals surface area contributed by atoms with Crippen LogP contribution < -0.4 is 9.47 Å². The summed E-state index contributed by atoms with van der Waals surface area (Å²) >= 11 is 0.719. The quantitative estimate of drug-likeness (QED) is 0.394. The van der Waals surface area contributed by atoms with E-state index in [9.17, 15) is 19.2 Å². The Hall–Kier alpha value is -3.59. The van der Waals surface area contributed by atoms with Crippen LogP contribution in [0, 0.1) is 0 Å². The summed E-state index contributed by atoms with van der Waals surface area (Å²) in [5.74, 6) is -1.33. The van der Waals surface area contributed by atoms with Crippen LogP contribution in [-0.2, 0) is 14.3 Å². The molecule has 3 rings (SSSR count). The van der Waals surface area contributed by atoms with Crippen LogP contribution in [-0.4, -0.2) is 48.7 Å². The summed E-state index contributed by atoms with van der Waals surface area (Å²) in [6, 6.07) is 13.2. The summed E-state index contributed by atoms with van der Waals surface area (Å²) in [6.07, 6.45) is 1.49. The van der Waals surface area contributed by atoms with Gasteiger partial charge in [-0.2, -0.15) is 0 Å². The van der Waals surface area contributed by atoms with E-state index in [-0.39, 0.29) is 16.4 Å². The summed E-state index contributed by atoms with van der Waals surface area (Å²) in [4.78, 5) is 49.0. The molecule has 8 nitrogen and oxygen atoms in total. The lowest BCUT2D eigenvalue weighted by molar-refractivity contribution is -0.143. The second-order valence-electron chi connectivity index (χ2n) is 6.01. The number of methoxy groups -OCH3 is 2. The summed E-state index contributed by atoms with van der Waals surface area (Å²) in [7, 11) is 2.60. The minimum absolute atomic E-state index is 0.153. The van der Waals surface area contributed by atoms with E-state index < -0.39 is 29.6 Å². The molecule has 1 fully saturated rings. The lowest BCUT2D eigenvalue weighted by Gasteiger charge is -2.10. The number of amides is 2. The van der Waals surface area contributed by atoms with Crippen molar-refractivity contribution in [3.8, 4) is 11.5 Å². The van der Waals surface area contributed by atoms with Gasteiger partial charge in [0, 0.05) is 0 Å². The van der Waals surface area contributed by atoms with Crippen molar-refractivity contribution in [2.75, 3.05) is 20.8 Å². The van der Waals surface area contributed by atoms with Crippen LogP contribution >= 0.6 is 11.8 Å². The molecule has 1 heterocycles. The number of nitrogens with zero attached hydrogens (tertiary/aromatic N) is 1. The Bertz CT molecular complexity index is 1030. The predicted octanol–water partition coefficient (Wildman–Crippen LogP) is 3.12. The number of thioether (sulfide) groups is 1. The first-order valence-corrected chi connectivity index (χ1v) is 9.52. The van der Waals surface area contributed by atoms with Crippen molar-refractivity contribution in [3.63, 3.8) is 0 Å². The van der Waals surface area contributed by atoms with Crippen LogP contribution in [0.4, 0.5) is 4.79 Å². The Morgan fingerprint density at radius 2 is 1.77 bits per heavy atom. The van der Waals surface area contributed by atoms with E-state index >= 15 is 0 Å². The highest BCUT2D eigenvalue weighted by Gasteiger charge is 2.36. The van der Waals surface area contributed by atoms with Gasteiger partial charge in [-0.1, -0.05) is 24.3 Å². The minimum Gasteiger partial charge on any atom is -0.493 e. The molecule has 0 atom stereocenters. The molecule has 2 aromatic carbocycles. The van der Waals surface area contributed by atoms with Crippen LogP contribution in [0.5, 0.6) is 11.5 Å². The van der Waals surface area contributed by atoms with E-state index in [2.05, 4.69) is 4.74 Å². The first-order chi connectivity index (χ1) is 14.4. The number of hydrogen-bond donors (Lipinski definition) is 0. The van der Waals surface area contributed by atoms with Gasteiger partial charge in [-0.25, -0.2) is 4.79 Å². The first kappa shape index (κ1) is 21.1. The summed E-state index contributed by atoms with van der Waals surface area (Å²) in [5.41, 5.74) is 0.942. The maximum Gasteiger partial charge on any atom is 0.343 e. The fraction of sp³-hybridized carbons (Fsp3) is 0.143. The summed E-state index contributed by atoms with van der Waals surface area (Å²) in [6.45, 7) is -0.448. The van der Waals surface area contributed by atoms with Gasteiger partial charge in [-0.15, -0.1) is 0 Å². The number of imide groups is 1. The van der Waals surface area contributed by atoms with Gasteiger partial charge in [0.15, 0.2) is 11.5 Å². The highest BCUT2D eigenvalue weighted by Crippen LogP contribution is 2.34. The van der Waals surface area contributed by atoms with Gasteiger partial charge in [-0.3, -0.25) is 19.3 Å². The smallest absolute Gasteiger partial charge is 0.343 e. The van der Waals surface area contributed by atoms with Gasteiger partial charge >= 0.3 is 11.9 Å². The monoisotopic (exact) mass is 427 g/mol. The van der Waals surface area contributed by atoms with E-state index in [1.807, 2.05) is 0 Å². The number of rotatable bonds is 6. The Labute approximate surface area is 176 Å². The van der Waals surface area contributed by atoms with Crippen molar-refractivity contribution >= 4 is 40.9 Å². The molecule has 0 aromatic heterocycles. The molecule has 0 radical (unpaired) electrons. The van der Waals surface area contributed by atoms with E-state index in [0.717, 1.165) is 16.7 Å². The zero-order valence-corrected chi connectivity index (χ0v) is 16.9. The van der Waals surface area contributed by atoms with E-state index in [0.29, 0.717) is 11.1 Å². The number of benzene rings is 2. The van der Waals surface area contributed by atoms with Crippen LogP contribution in [0.25, 0.3) is 6.08 Å². The van der Waals surface area contributed by atoms with Gasteiger partial charge in [0.1, 0.15) is 6.54 Å². The van der Waals surface area contributed by atoms with Gasteiger partial charge in [0.25, 0.3) is 11.1 Å². The SMILES string of the molecule is COC(=O)CN1C(=O)S/C(=C\c2ccc(OC(=O)c3ccccc3)c(OC)c2)C1=O. The predicted molar refractivity (Wildman–Crippen MR) is 109 cm³/mol. The maximum absolute atomic E-state index is 12.4. The van der Waals surface area contributed by atoms with Crippen molar-refractivity contribution in [1.29, 1.82) is 0 Å². The molecule has 2 amide bonds. The second kappa shape index (κ2) is 9.27. The Morgan fingerprint density at radius 3 is 2.43 bits per heavy atom. The third kappa shape index (κ3) is 4.69. The molecule has 0 spiro atoms. The number of esters is 2. The maximum atomic E-state index is 12.4. The molecule has 0 aliphatic carbocycles. The number of carbonyl (C=O) groups is 4. The highest BCUT2D eigenvalue weighted by molar-refractivity contribution is 8.18. The molecule has 1 saturated heterocycles. The molecule has 0 bridgehead atoms. The molecule has 0 saturated carbocycles. The van der Waals surface area contributed by atoms with Crippen molar-refractivity contribution < 1.29 is 33.4 Å². The zero-order valence-electron chi connectivity index (χ0n) is 16.1. The second-order valence-corrected chi connectivity index (χ2v) is 7.00. The largest absolute Gasteiger partial charge is 0.493 e. The molecular weight excluding hydrogens is 410 g/mol. The molecule has 1 aliphatic heterocycles. The lowest BCUT2D eigenvalue weighted by atomic mass is 10.1. The highest BCUT2D eigenvalue weighted by atomic mass is 32.2. The molecule has 2 aromatic rings. The molecule has 30 heavy (non-hydrogen) atoms. The molecular formula is C21H17NO7S. The molecule has 1 aliphatic rings. The van der Waals surface area contributed by atoms with Crippen molar-refractivity contribution in [1.82, 2.24) is 4.90 Å². The van der Waals surface area contributed by atoms with Gasteiger partial charge in [0.2, 0.25) is 0 Å². The Morgan fingerprint density at radius 1 is 1.03 bits per heavy atom. The molecule has 0 N–H and O–H groups in total. The molecule has 9 heteroatoms. The Kier molecular flexibility index (Phi) is 6.53. The topological polar surface area (TPSA) is 99.2 Å². The average molecular weight is 427 g/mol. The van der Waals surface area contributed by atoms with Crippen LogP contribution in [0.1, 0.15) is 15.9 Å². The van der Waals surface area contributed by atoms with E-state index in [1.165, 1.54) is 26.4 Å². The van der Waals surface area contributed by atoms with Gasteiger partial charge < -0.3 is 14.2 Å². The average Bonchev–Trinajstić information content (AvgIpc) is 3.02. The fourth-order valence-corrected chi connectivity index (χ4v) is 3.41. The third-order valence-corrected chi connectivity index (χ3v) is 4.99. The number of carbonyl (C=O) groups excluding carboxylic acids is 4. The third-order valence-electron chi connectivity index (χ3n) is 4.09. The van der Waals surface area contributed by atoms with E-state index in [4.69, 9.17) is 9.47 Å². The summed E-state index contributed by atoms with van der Waals surface area (Å²) < 4.78 is 15.2. The van der Waals surface area contributed by atoms with Crippen LogP contribution in [0.2, 0.25) is 0 Å². The van der Waals surface area contributed by atoms with Gasteiger partial charge in [0.05, 0.1) is 24.7 Å². The minimum atomic E-state index is -0.690. The first-order valence-electron chi connectivity index (χ1n) is 8.70.